The zero-order valence-corrected chi connectivity index (χ0v) is 20.0. The van der Waals surface area contributed by atoms with Crippen LogP contribution in [0.25, 0.3) is 10.8 Å². The molecule has 192 valence electrons. The van der Waals surface area contributed by atoms with Gasteiger partial charge in [-0.2, -0.15) is 0 Å². The Bertz CT molecular complexity index is 1040. The Labute approximate surface area is 217 Å². The summed E-state index contributed by atoms with van der Waals surface area (Å²) in [5, 5.41) is 24.2. The van der Waals surface area contributed by atoms with Crippen LogP contribution in [-0.4, -0.2) is 24.3 Å². The van der Waals surface area contributed by atoms with Gasteiger partial charge in [0.2, 0.25) is 24.3 Å². The van der Waals surface area contributed by atoms with Gasteiger partial charge in [-0.05, 0) is 24.6 Å². The van der Waals surface area contributed by atoms with E-state index in [2.05, 4.69) is 86.6 Å². The van der Waals surface area contributed by atoms with Crippen molar-refractivity contribution in [1.29, 1.82) is 21.6 Å². The molecule has 0 aromatic heterocycles. The van der Waals surface area contributed by atoms with Crippen molar-refractivity contribution >= 4 is 35.1 Å². The van der Waals surface area contributed by atoms with Crippen molar-refractivity contribution in [1.82, 2.24) is 0 Å². The lowest BCUT2D eigenvalue weighted by molar-refractivity contribution is 0.562. The molecule has 0 saturated carbocycles. The summed E-state index contributed by atoms with van der Waals surface area (Å²) in [6.07, 6.45) is 3.00. The van der Waals surface area contributed by atoms with E-state index in [4.69, 9.17) is 40.8 Å². The first-order valence-corrected chi connectivity index (χ1v) is 10.0. The third-order valence-electron chi connectivity index (χ3n) is 3.54. The Morgan fingerprint density at radius 3 is 0.703 bits per heavy atom. The minimum Gasteiger partial charge on any atom is -0.222 e. The lowest BCUT2D eigenvalue weighted by Gasteiger charge is -1.92. The van der Waals surface area contributed by atoms with Crippen LogP contribution >= 0.6 is 0 Å². The summed E-state index contributed by atoms with van der Waals surface area (Å²) >= 11 is 0. The van der Waals surface area contributed by atoms with Crippen LogP contribution in [0.15, 0.2) is 109 Å². The molecule has 4 rings (SSSR count). The van der Waals surface area contributed by atoms with Crippen LogP contribution in [0.3, 0.4) is 0 Å². The van der Waals surface area contributed by atoms with E-state index in [1.807, 2.05) is 36.4 Å². The quantitative estimate of drug-likeness (QED) is 0.150. The normalized spacial score (nSPS) is 6.86. The molecular weight excluding hydrogens is 468 g/mol. The second kappa shape index (κ2) is 32.8. The first kappa shape index (κ1) is 38.9. The second-order valence-corrected chi connectivity index (χ2v) is 6.06. The number of nitrogens with one attached hydrogen (secondary N) is 4. The van der Waals surface area contributed by atoms with E-state index in [0.29, 0.717) is 0 Å². The number of hydrogen-bond donors (Lipinski definition) is 4. The van der Waals surface area contributed by atoms with Gasteiger partial charge in [-0.3, -0.25) is 0 Å². The van der Waals surface area contributed by atoms with E-state index >= 15 is 0 Å². The molecular formula is C29H32N4O4. The number of hydrogen-bond acceptors (Lipinski definition) is 8. The number of benzene rings is 4. The third kappa shape index (κ3) is 30.7. The summed E-state index contributed by atoms with van der Waals surface area (Å²) in [7, 11) is 0. The van der Waals surface area contributed by atoms with Crippen LogP contribution in [0, 0.1) is 35.5 Å². The van der Waals surface area contributed by atoms with E-state index in [1.54, 1.807) is 0 Å². The maximum Gasteiger partial charge on any atom is 0.231 e. The van der Waals surface area contributed by atoms with Gasteiger partial charge in [0.05, 0.1) is 0 Å². The number of isocyanates is 4. The van der Waals surface area contributed by atoms with E-state index in [-0.39, 0.29) is 7.43 Å². The van der Waals surface area contributed by atoms with Crippen molar-refractivity contribution in [2.45, 2.75) is 21.3 Å². The van der Waals surface area contributed by atoms with Crippen molar-refractivity contribution in [3.05, 3.63) is 120 Å². The van der Waals surface area contributed by atoms with Crippen LogP contribution < -0.4 is 0 Å². The highest BCUT2D eigenvalue weighted by Crippen LogP contribution is 2.11. The van der Waals surface area contributed by atoms with Gasteiger partial charge in [0.1, 0.15) is 0 Å². The van der Waals surface area contributed by atoms with Crippen molar-refractivity contribution in [3.8, 4) is 0 Å². The maximum atomic E-state index is 8.35. The van der Waals surface area contributed by atoms with Gasteiger partial charge in [-0.25, -0.2) is 40.8 Å². The standard InChI is InChI=1S/C10H8.2C7H8.4CHNO.CH4/c1-2-6-10-8-4-3-7-9(10)5-1;2*1-7-5-3-2-4-6-7;4*2-1-3;/h1-8H;2*2-6H,1H3;4*2H;1H4. The van der Waals surface area contributed by atoms with Crippen LogP contribution in [0.4, 0.5) is 0 Å². The molecule has 0 amide bonds. The largest absolute Gasteiger partial charge is 0.231 e. The molecule has 0 atom stereocenters. The number of rotatable bonds is 0. The highest BCUT2D eigenvalue weighted by Gasteiger charge is 1.85. The molecule has 0 fully saturated rings. The van der Waals surface area contributed by atoms with Gasteiger partial charge >= 0.3 is 0 Å². The average molecular weight is 501 g/mol. The fourth-order valence-electron chi connectivity index (χ4n) is 2.20. The summed E-state index contributed by atoms with van der Waals surface area (Å²) in [6, 6.07) is 37.2. The van der Waals surface area contributed by atoms with Gasteiger partial charge < -0.3 is 0 Å². The molecule has 0 saturated heterocycles. The van der Waals surface area contributed by atoms with E-state index in [1.165, 1.54) is 21.9 Å². The van der Waals surface area contributed by atoms with Crippen molar-refractivity contribution in [3.63, 3.8) is 0 Å². The van der Waals surface area contributed by atoms with E-state index in [9.17, 15) is 0 Å². The first-order chi connectivity index (χ1) is 17.4. The molecule has 0 spiro atoms. The Balaban J connectivity index is -0.000000183. The van der Waals surface area contributed by atoms with Crippen LogP contribution in [0.1, 0.15) is 18.6 Å². The molecule has 8 heteroatoms. The Morgan fingerprint density at radius 2 is 0.568 bits per heavy atom. The predicted octanol–water partition coefficient (Wildman–Crippen LogP) is 7.07. The smallest absolute Gasteiger partial charge is 0.222 e. The fourth-order valence-corrected chi connectivity index (χ4v) is 2.20. The highest BCUT2D eigenvalue weighted by molar-refractivity contribution is 5.82. The highest BCUT2D eigenvalue weighted by atomic mass is 16.1. The average Bonchev–Trinajstić information content (AvgIpc) is 2.88. The number of fused-ring (bicyclic) bond motifs is 1. The van der Waals surface area contributed by atoms with Gasteiger partial charge in [0, 0.05) is 0 Å². The van der Waals surface area contributed by atoms with Gasteiger partial charge in [0.25, 0.3) is 0 Å². The maximum absolute atomic E-state index is 8.35. The third-order valence-corrected chi connectivity index (χ3v) is 3.54. The Kier molecular flexibility index (Phi) is 34.5. The monoisotopic (exact) mass is 500 g/mol. The van der Waals surface area contributed by atoms with Crippen LogP contribution in [0.5, 0.6) is 0 Å². The van der Waals surface area contributed by atoms with Crippen molar-refractivity contribution in [2.75, 3.05) is 0 Å². The lowest BCUT2D eigenvalue weighted by Crippen LogP contribution is -1.67. The molecule has 0 unspecified atom stereocenters. The number of aryl methyl sites for hydroxylation is 2. The van der Waals surface area contributed by atoms with Crippen LogP contribution in [-0.2, 0) is 19.2 Å². The lowest BCUT2D eigenvalue weighted by atomic mass is 10.1. The van der Waals surface area contributed by atoms with Gasteiger partial charge in [-0.1, -0.05) is 128 Å². The van der Waals surface area contributed by atoms with Crippen molar-refractivity contribution in [2.24, 2.45) is 0 Å². The summed E-state index contributed by atoms with van der Waals surface area (Å²) in [5.41, 5.74) is 2.64. The first-order valence-electron chi connectivity index (χ1n) is 10.0. The fraction of sp³-hybridized carbons (Fsp3) is 0.103. The molecule has 0 heterocycles. The molecule has 4 N–H and O–H groups in total. The molecule has 8 nitrogen and oxygen atoms in total. The molecule has 0 radical (unpaired) electrons. The molecule has 0 aliphatic rings. The molecule has 0 aliphatic carbocycles. The summed E-state index contributed by atoms with van der Waals surface area (Å²) in [6.45, 7) is 4.17. The summed E-state index contributed by atoms with van der Waals surface area (Å²) < 4.78 is 0. The van der Waals surface area contributed by atoms with Crippen molar-refractivity contribution < 1.29 is 19.2 Å². The predicted molar refractivity (Wildman–Crippen MR) is 147 cm³/mol. The van der Waals surface area contributed by atoms with Gasteiger partial charge in [0.15, 0.2) is 0 Å². The Morgan fingerprint density at radius 1 is 0.405 bits per heavy atom. The topological polar surface area (TPSA) is 164 Å². The molecule has 37 heavy (non-hydrogen) atoms. The molecule has 4 aromatic carbocycles. The minimum atomic E-state index is 0. The summed E-state index contributed by atoms with van der Waals surface area (Å²) in [5.74, 6) is 0. The van der Waals surface area contributed by atoms with Gasteiger partial charge in [-0.15, -0.1) is 0 Å². The zero-order valence-electron chi connectivity index (χ0n) is 20.0. The molecule has 0 bridgehead atoms. The molecule has 4 aromatic rings. The minimum absolute atomic E-state index is 0. The Hall–Kier alpha value is -5.34. The SMILES string of the molecule is C.Cc1ccccc1.Cc1ccccc1.N=C=O.N=C=O.N=C=O.N=C=O.c1ccc2ccccc2c1. The second-order valence-electron chi connectivity index (χ2n) is 6.06. The number of carbonyl (C=O) groups excluding carboxylic acids is 4. The van der Waals surface area contributed by atoms with E-state index in [0.717, 1.165) is 24.3 Å². The zero-order chi connectivity index (χ0) is 27.9. The molecule has 0 aliphatic heterocycles. The van der Waals surface area contributed by atoms with Crippen LogP contribution in [0.2, 0.25) is 0 Å². The van der Waals surface area contributed by atoms with E-state index < -0.39 is 0 Å². The summed E-state index contributed by atoms with van der Waals surface area (Å²) in [4.78, 5) is 33.4.